The fourth-order valence-corrected chi connectivity index (χ4v) is 24.9. The van der Waals surface area contributed by atoms with Gasteiger partial charge in [0.25, 0.3) is 0 Å². The van der Waals surface area contributed by atoms with E-state index in [4.69, 9.17) is 23.7 Å². The molecule has 17 fully saturated rings. The minimum Gasteiger partial charge on any atom is -0.458 e. The molecular weight excluding hydrogens is 1220 g/mol. The standard InChI is InChI=1S/C19H32O2.3C18H30O2.C15H26O2/c1-6-18(4,5)17(20)21-19(12(2)3)15-8-13-7-14(10-15)11-16(19)9-13;2*1-5-17(3,4)16(19)20-18(6-2)14-8-12-7-13(10-14)11-15(18)9-12;1-5-17(3,4)16(19)20-18(6-2)11-12-10-15(18)14-9-7-8-13(12)14;1-5-14(3,4)13(16)17-15(6-2)10-11-7-8-12(15)9-11/h12-16H,6-11H2,1-5H3;3*12-15H,5-11H2,1-4H3;11-12H,5-10H2,1-4H3. The average molecular weight is 1370 g/mol. The third-order valence-electron chi connectivity index (χ3n) is 32.8. The van der Waals surface area contributed by atoms with Crippen molar-refractivity contribution in [3.05, 3.63) is 0 Å². The molecule has 0 aromatic heterocycles. The van der Waals surface area contributed by atoms with Crippen LogP contribution in [0.4, 0.5) is 0 Å². The van der Waals surface area contributed by atoms with Gasteiger partial charge in [-0.1, -0.05) is 82.6 Å². The Kier molecular flexibility index (Phi) is 23.4. The fourth-order valence-electron chi connectivity index (χ4n) is 24.9. The zero-order valence-corrected chi connectivity index (χ0v) is 66.9. The lowest BCUT2D eigenvalue weighted by molar-refractivity contribution is -0.231. The van der Waals surface area contributed by atoms with Crippen LogP contribution in [0.25, 0.3) is 0 Å². The first-order valence-electron chi connectivity index (χ1n) is 42.1. The first-order chi connectivity index (χ1) is 46.0. The van der Waals surface area contributed by atoms with Crippen molar-refractivity contribution in [3.8, 4) is 0 Å². The summed E-state index contributed by atoms with van der Waals surface area (Å²) in [4.78, 5) is 62.9. The van der Waals surface area contributed by atoms with Crippen molar-refractivity contribution in [2.45, 2.75) is 385 Å². The molecule has 98 heavy (non-hydrogen) atoms. The second-order valence-corrected chi connectivity index (χ2v) is 40.2. The molecule has 560 valence electrons. The van der Waals surface area contributed by atoms with Crippen molar-refractivity contribution in [1.29, 1.82) is 0 Å². The maximum Gasteiger partial charge on any atom is 0.312 e. The normalized spacial score (nSPS) is 41.4. The van der Waals surface area contributed by atoms with Crippen molar-refractivity contribution in [2.24, 2.45) is 140 Å². The van der Waals surface area contributed by atoms with Gasteiger partial charge >= 0.3 is 29.8 Å². The zero-order chi connectivity index (χ0) is 71.7. The SMILES string of the molecule is CCC(C)(C)C(=O)OC1(C(C)C)C2CC3CC(C2)CC1C3.CCC(C)(C)C(=O)OC1(CC)C2CC3CC(C2)CC1C3.CCC(C)(C)C(=O)OC1(CC)C2CC3CC(C2)CC1C3.CCC(C)(C)C(=O)OC1(CC)CC2CC1C1CCCC21.CCC(C)(C)C(=O)OC1(CC)CC2CCC1C2. The maximum absolute atomic E-state index is 12.8. The molecule has 10 heteroatoms. The Bertz CT molecular complexity index is 2620. The number of ether oxygens (including phenoxy) is 5. The van der Waals surface area contributed by atoms with Gasteiger partial charge in [-0.15, -0.1) is 0 Å². The zero-order valence-electron chi connectivity index (χ0n) is 66.9. The summed E-state index contributed by atoms with van der Waals surface area (Å²) in [5.41, 5.74) is -2.36. The van der Waals surface area contributed by atoms with Crippen LogP contribution in [0.15, 0.2) is 0 Å². The molecule has 16 bridgehead atoms. The van der Waals surface area contributed by atoms with Crippen LogP contribution in [0.3, 0.4) is 0 Å². The summed E-state index contributed by atoms with van der Waals surface area (Å²) in [6.45, 7) is 43.9. The van der Waals surface area contributed by atoms with E-state index in [9.17, 15) is 24.0 Å². The van der Waals surface area contributed by atoms with E-state index in [1.165, 1.54) is 141 Å². The summed E-state index contributed by atoms with van der Waals surface area (Å²) in [6.07, 6.45) is 39.9. The smallest absolute Gasteiger partial charge is 0.312 e. The Morgan fingerprint density at radius 1 is 0.327 bits per heavy atom. The Morgan fingerprint density at radius 3 is 0.949 bits per heavy atom. The Balaban J connectivity index is 0.000000133. The van der Waals surface area contributed by atoms with Crippen LogP contribution in [0, 0.1) is 140 Å². The van der Waals surface area contributed by atoms with E-state index in [0.29, 0.717) is 53.3 Å². The van der Waals surface area contributed by atoms with Gasteiger partial charge in [-0.05, 0) is 381 Å². The van der Waals surface area contributed by atoms with Gasteiger partial charge in [-0.2, -0.15) is 0 Å². The molecule has 17 rings (SSSR count). The van der Waals surface area contributed by atoms with Crippen LogP contribution >= 0.6 is 0 Å². The number of carbonyl (C=O) groups is 5. The highest BCUT2D eigenvalue weighted by atomic mass is 16.6. The molecule has 0 spiro atoms. The van der Waals surface area contributed by atoms with Crippen LogP contribution < -0.4 is 0 Å². The van der Waals surface area contributed by atoms with E-state index in [-0.39, 0.29) is 84.9 Å². The summed E-state index contributed by atoms with van der Waals surface area (Å²) >= 11 is 0. The number of fused-ring (bicyclic) bond motifs is 7. The molecule has 0 saturated heterocycles. The Labute approximate surface area is 599 Å². The van der Waals surface area contributed by atoms with Crippen LogP contribution in [0.1, 0.15) is 357 Å². The summed E-state index contributed by atoms with van der Waals surface area (Å²) in [7, 11) is 0. The van der Waals surface area contributed by atoms with Gasteiger partial charge in [0.2, 0.25) is 0 Å². The first-order valence-corrected chi connectivity index (χ1v) is 42.1. The highest BCUT2D eigenvalue weighted by Gasteiger charge is 2.65. The molecule has 0 aliphatic heterocycles. The summed E-state index contributed by atoms with van der Waals surface area (Å²) in [5.74, 6) is 14.7. The highest BCUT2D eigenvalue weighted by Crippen LogP contribution is 2.67. The van der Waals surface area contributed by atoms with E-state index in [2.05, 4.69) is 76.2 Å². The number of esters is 5. The van der Waals surface area contributed by atoms with Gasteiger partial charge in [-0.25, -0.2) is 0 Å². The molecule has 17 saturated carbocycles. The maximum atomic E-state index is 12.8. The van der Waals surface area contributed by atoms with Gasteiger partial charge < -0.3 is 23.7 Å². The second kappa shape index (κ2) is 29.4. The molecule has 8 unspecified atom stereocenters. The topological polar surface area (TPSA) is 132 Å². The lowest BCUT2D eigenvalue weighted by atomic mass is 9.47. The second-order valence-electron chi connectivity index (χ2n) is 40.2. The number of hydrogen-bond acceptors (Lipinski definition) is 10. The van der Waals surface area contributed by atoms with Crippen molar-refractivity contribution in [3.63, 3.8) is 0 Å². The van der Waals surface area contributed by atoms with E-state index in [1.807, 2.05) is 69.2 Å². The van der Waals surface area contributed by atoms with Gasteiger partial charge in [0.1, 0.15) is 28.0 Å². The third kappa shape index (κ3) is 14.5. The lowest BCUT2D eigenvalue weighted by Gasteiger charge is -2.62. The lowest BCUT2D eigenvalue weighted by Crippen LogP contribution is -2.63. The quantitative estimate of drug-likeness (QED) is 0.0857. The number of carbonyl (C=O) groups excluding carboxylic acids is 5. The van der Waals surface area contributed by atoms with E-state index in [0.717, 1.165) is 130 Å². The first kappa shape index (κ1) is 78.0. The molecule has 0 aromatic rings. The van der Waals surface area contributed by atoms with Gasteiger partial charge in [0, 0.05) is 5.92 Å². The summed E-state index contributed by atoms with van der Waals surface area (Å²) in [6, 6.07) is 0. The van der Waals surface area contributed by atoms with Gasteiger partial charge in [0.05, 0.1) is 27.1 Å². The predicted molar refractivity (Wildman–Crippen MR) is 394 cm³/mol. The molecule has 17 aliphatic carbocycles. The van der Waals surface area contributed by atoms with E-state index < -0.39 is 0 Å². The van der Waals surface area contributed by atoms with Crippen LogP contribution in [0.5, 0.6) is 0 Å². The molecule has 0 aromatic carbocycles. The molecule has 0 amide bonds. The van der Waals surface area contributed by atoms with Crippen molar-refractivity contribution in [2.75, 3.05) is 0 Å². The molecule has 8 atom stereocenters. The highest BCUT2D eigenvalue weighted by molar-refractivity contribution is 5.78. The Morgan fingerprint density at radius 2 is 0.643 bits per heavy atom. The monoisotopic (exact) mass is 1370 g/mol. The Hall–Kier alpha value is -2.65. The average Bonchev–Trinajstić information content (AvgIpc) is 0.752. The molecule has 0 radical (unpaired) electrons. The molecule has 10 nitrogen and oxygen atoms in total. The van der Waals surface area contributed by atoms with Crippen molar-refractivity contribution in [1.82, 2.24) is 0 Å². The van der Waals surface area contributed by atoms with Crippen LogP contribution in [-0.2, 0) is 47.7 Å². The third-order valence-corrected chi connectivity index (χ3v) is 32.8. The number of rotatable bonds is 20. The molecular formula is C88H148O10. The minimum atomic E-state index is -0.351. The predicted octanol–water partition coefficient (Wildman–Crippen LogP) is 22.5. The molecule has 0 N–H and O–H groups in total. The molecule has 17 aliphatic rings. The number of hydrogen-bond donors (Lipinski definition) is 0. The summed E-state index contributed by atoms with van der Waals surface area (Å²) in [5, 5.41) is 0. The largest absolute Gasteiger partial charge is 0.458 e. The van der Waals surface area contributed by atoms with Crippen LogP contribution in [-0.4, -0.2) is 57.9 Å². The van der Waals surface area contributed by atoms with Crippen molar-refractivity contribution >= 4 is 29.8 Å². The van der Waals surface area contributed by atoms with Crippen molar-refractivity contribution < 1.29 is 47.7 Å². The van der Waals surface area contributed by atoms with Gasteiger partial charge in [-0.3, -0.25) is 24.0 Å². The minimum absolute atomic E-state index is 0.00870. The fraction of sp³-hybridized carbons (Fsp3) is 0.943. The van der Waals surface area contributed by atoms with E-state index >= 15 is 0 Å². The summed E-state index contributed by atoms with van der Waals surface area (Å²) < 4.78 is 31.2. The van der Waals surface area contributed by atoms with Crippen LogP contribution in [0.2, 0.25) is 0 Å². The molecule has 0 heterocycles. The van der Waals surface area contributed by atoms with Gasteiger partial charge in [0.15, 0.2) is 0 Å². The van der Waals surface area contributed by atoms with E-state index in [1.54, 1.807) is 0 Å².